The van der Waals surface area contributed by atoms with E-state index >= 15 is 0 Å². The number of carbonyl (C=O) groups excluding carboxylic acids is 2. The number of rotatable bonds is 8. The molecule has 1 aliphatic heterocycles. The molecule has 5 nitrogen and oxygen atoms in total. The number of aliphatic carboxylic acids is 2. The second kappa shape index (κ2) is 11.1. The van der Waals surface area contributed by atoms with Crippen LogP contribution in [-0.2, 0) is 9.59 Å². The second-order valence-corrected chi connectivity index (χ2v) is 10.1. The standard InChI is InChI=1S/C30H27ClF3NO4/c1-18-24(26(36)37)25(21-13-8-14-22(31)17-21)29(28(38)39,27(35-18)30(32,33)34)16-15-23(19-9-4-2-5-10-19)20-11-6-3-7-12-20/h2-14,17,23,25,27,35H,15-16H2,1H3,(H,36,37)(H,38,39)/p-2. The van der Waals surface area contributed by atoms with Crippen molar-refractivity contribution in [2.45, 2.75) is 43.8 Å². The van der Waals surface area contributed by atoms with Crippen LogP contribution in [0.3, 0.4) is 0 Å². The van der Waals surface area contributed by atoms with Crippen molar-refractivity contribution in [3.05, 3.63) is 118 Å². The summed E-state index contributed by atoms with van der Waals surface area (Å²) >= 11 is 6.13. The van der Waals surface area contributed by atoms with Crippen LogP contribution in [-0.4, -0.2) is 24.2 Å². The number of carbonyl (C=O) groups is 2. The summed E-state index contributed by atoms with van der Waals surface area (Å²) in [4.78, 5) is 25.4. The van der Waals surface area contributed by atoms with Gasteiger partial charge in [0.2, 0.25) is 0 Å². The van der Waals surface area contributed by atoms with Crippen LogP contribution in [0.25, 0.3) is 0 Å². The smallest absolute Gasteiger partial charge is 0.409 e. The normalized spacial score (nSPS) is 21.5. The van der Waals surface area contributed by atoms with Gasteiger partial charge in [0.05, 0.1) is 11.9 Å². The Labute approximate surface area is 228 Å². The van der Waals surface area contributed by atoms with Crippen molar-refractivity contribution in [3.8, 4) is 0 Å². The van der Waals surface area contributed by atoms with E-state index in [-0.39, 0.29) is 22.7 Å². The molecule has 0 bridgehead atoms. The van der Waals surface area contributed by atoms with E-state index in [1.165, 1.54) is 24.3 Å². The molecule has 0 radical (unpaired) electrons. The maximum Gasteiger partial charge on any atom is 0.409 e. The molecule has 9 heteroatoms. The van der Waals surface area contributed by atoms with E-state index < -0.39 is 53.4 Å². The molecule has 39 heavy (non-hydrogen) atoms. The fraction of sp³-hybridized carbons (Fsp3) is 0.267. The minimum Gasteiger partial charge on any atom is -0.549 e. The number of hydrogen-bond acceptors (Lipinski definition) is 5. The Hall–Kier alpha value is -3.78. The number of carboxylic acid groups (broad SMARTS) is 2. The van der Waals surface area contributed by atoms with Gasteiger partial charge in [0.1, 0.15) is 6.04 Å². The van der Waals surface area contributed by atoms with Gasteiger partial charge < -0.3 is 25.1 Å². The molecule has 0 amide bonds. The van der Waals surface area contributed by atoms with Gasteiger partial charge in [0.25, 0.3) is 0 Å². The van der Waals surface area contributed by atoms with Crippen LogP contribution in [0.2, 0.25) is 5.02 Å². The number of allylic oxidation sites excluding steroid dienone is 1. The number of alkyl halides is 3. The Bertz CT molecular complexity index is 1340. The molecule has 204 valence electrons. The van der Waals surface area contributed by atoms with Crippen LogP contribution in [0.15, 0.2) is 96.2 Å². The molecule has 0 saturated carbocycles. The van der Waals surface area contributed by atoms with Crippen molar-refractivity contribution in [3.63, 3.8) is 0 Å². The third-order valence-corrected chi connectivity index (χ3v) is 7.68. The highest BCUT2D eigenvalue weighted by Crippen LogP contribution is 2.55. The molecule has 3 aromatic carbocycles. The summed E-state index contributed by atoms with van der Waals surface area (Å²) in [5, 5.41) is 27.7. The summed E-state index contributed by atoms with van der Waals surface area (Å²) in [6, 6.07) is 20.9. The zero-order valence-electron chi connectivity index (χ0n) is 20.9. The molecule has 1 N–H and O–H groups in total. The van der Waals surface area contributed by atoms with Crippen LogP contribution in [0.4, 0.5) is 13.2 Å². The predicted molar refractivity (Wildman–Crippen MR) is 136 cm³/mol. The fourth-order valence-electron chi connectivity index (χ4n) is 5.76. The monoisotopic (exact) mass is 555 g/mol. The van der Waals surface area contributed by atoms with E-state index in [1.54, 1.807) is 36.4 Å². The summed E-state index contributed by atoms with van der Waals surface area (Å²) in [5.41, 5.74) is -2.11. The summed E-state index contributed by atoms with van der Waals surface area (Å²) in [6.07, 6.45) is -5.68. The van der Waals surface area contributed by atoms with Gasteiger partial charge in [-0.1, -0.05) is 84.4 Å². The van der Waals surface area contributed by atoms with Crippen molar-refractivity contribution in [1.29, 1.82) is 0 Å². The van der Waals surface area contributed by atoms with Crippen molar-refractivity contribution in [2.75, 3.05) is 0 Å². The lowest BCUT2D eigenvalue weighted by atomic mass is 9.58. The molecule has 0 spiro atoms. The van der Waals surface area contributed by atoms with Gasteiger partial charge in [0.15, 0.2) is 0 Å². The molecule has 3 atom stereocenters. The molecule has 0 aromatic heterocycles. The van der Waals surface area contributed by atoms with E-state index in [2.05, 4.69) is 5.32 Å². The van der Waals surface area contributed by atoms with E-state index in [0.717, 1.165) is 18.1 Å². The van der Waals surface area contributed by atoms with Gasteiger partial charge in [-0.3, -0.25) is 0 Å². The van der Waals surface area contributed by atoms with E-state index in [0.29, 0.717) is 0 Å². The highest BCUT2D eigenvalue weighted by molar-refractivity contribution is 6.30. The number of hydrogen-bond donors (Lipinski definition) is 1. The van der Waals surface area contributed by atoms with Crippen molar-refractivity contribution < 1.29 is 33.0 Å². The van der Waals surface area contributed by atoms with Crippen molar-refractivity contribution in [1.82, 2.24) is 5.32 Å². The quantitative estimate of drug-likeness (QED) is 0.447. The van der Waals surface area contributed by atoms with Crippen molar-refractivity contribution >= 4 is 23.5 Å². The summed E-state index contributed by atoms with van der Waals surface area (Å²) in [7, 11) is 0. The first-order valence-electron chi connectivity index (χ1n) is 12.3. The summed E-state index contributed by atoms with van der Waals surface area (Å²) in [6.45, 7) is 1.16. The number of halogens is 4. The molecular formula is C30H25ClF3NO4-2. The average Bonchev–Trinajstić information content (AvgIpc) is 2.89. The highest BCUT2D eigenvalue weighted by Gasteiger charge is 2.61. The Morgan fingerprint density at radius 1 is 0.949 bits per heavy atom. The molecule has 0 fully saturated rings. The lowest BCUT2D eigenvalue weighted by Gasteiger charge is -2.53. The minimum absolute atomic E-state index is 0.0111. The second-order valence-electron chi connectivity index (χ2n) is 9.67. The van der Waals surface area contributed by atoms with Crippen molar-refractivity contribution in [2.24, 2.45) is 5.41 Å². The molecule has 3 unspecified atom stereocenters. The zero-order valence-corrected chi connectivity index (χ0v) is 21.6. The lowest BCUT2D eigenvalue weighted by molar-refractivity contribution is -0.330. The molecule has 0 saturated heterocycles. The van der Waals surface area contributed by atoms with E-state index in [1.807, 2.05) is 24.3 Å². The third-order valence-electron chi connectivity index (χ3n) is 7.44. The highest BCUT2D eigenvalue weighted by atomic mass is 35.5. The number of carboxylic acids is 2. The van der Waals surface area contributed by atoms with Gasteiger partial charge in [-0.15, -0.1) is 0 Å². The molecule has 4 rings (SSSR count). The molecule has 1 aliphatic rings. The summed E-state index contributed by atoms with van der Waals surface area (Å²) < 4.78 is 44.0. The lowest BCUT2D eigenvalue weighted by Crippen LogP contribution is -2.66. The summed E-state index contributed by atoms with van der Waals surface area (Å²) in [5.74, 6) is -6.03. The predicted octanol–water partition coefficient (Wildman–Crippen LogP) is 4.33. The fourth-order valence-corrected chi connectivity index (χ4v) is 5.96. The van der Waals surface area contributed by atoms with Gasteiger partial charge in [-0.2, -0.15) is 13.2 Å². The van der Waals surface area contributed by atoms with Gasteiger partial charge in [-0.05, 0) is 48.6 Å². The average molecular weight is 556 g/mol. The SMILES string of the molecule is CC1=C(C(=O)[O-])C(c2cccc(Cl)c2)C(CCC(c2ccccc2)c2ccccc2)(C(=O)[O-])C(C(F)(F)F)N1. The van der Waals surface area contributed by atoms with E-state index in [9.17, 15) is 33.0 Å². The minimum atomic E-state index is -5.06. The first kappa shape index (κ1) is 28.2. The molecule has 1 heterocycles. The largest absolute Gasteiger partial charge is 0.549 e. The molecule has 0 aliphatic carbocycles. The Morgan fingerprint density at radius 3 is 1.97 bits per heavy atom. The first-order valence-corrected chi connectivity index (χ1v) is 12.7. The number of benzene rings is 3. The van der Waals surface area contributed by atoms with Gasteiger partial charge in [-0.25, -0.2) is 0 Å². The molecule has 3 aromatic rings. The van der Waals surface area contributed by atoms with Crippen LogP contribution in [0, 0.1) is 5.41 Å². The Morgan fingerprint density at radius 2 is 1.51 bits per heavy atom. The van der Waals surface area contributed by atoms with Gasteiger partial charge in [0, 0.05) is 33.5 Å². The number of nitrogens with one attached hydrogen (secondary N) is 1. The maximum atomic E-state index is 14.7. The zero-order chi connectivity index (χ0) is 28.4. The van der Waals surface area contributed by atoms with Crippen LogP contribution in [0.1, 0.15) is 48.3 Å². The Kier molecular flexibility index (Phi) is 8.07. The van der Waals surface area contributed by atoms with Crippen LogP contribution < -0.4 is 15.5 Å². The molecular weight excluding hydrogens is 531 g/mol. The maximum absolute atomic E-state index is 14.7. The van der Waals surface area contributed by atoms with E-state index in [4.69, 9.17) is 11.6 Å². The topological polar surface area (TPSA) is 92.3 Å². The van der Waals surface area contributed by atoms with Crippen LogP contribution >= 0.6 is 11.6 Å². The third kappa shape index (κ3) is 5.52. The first-order chi connectivity index (χ1) is 18.5. The van der Waals surface area contributed by atoms with Gasteiger partial charge >= 0.3 is 6.18 Å². The Balaban J connectivity index is 1.94. The van der Waals surface area contributed by atoms with Crippen LogP contribution in [0.5, 0.6) is 0 Å².